The van der Waals surface area contributed by atoms with Gasteiger partial charge < -0.3 is 16.0 Å². The third-order valence-corrected chi connectivity index (χ3v) is 5.17. The van der Waals surface area contributed by atoms with Crippen molar-refractivity contribution in [2.24, 2.45) is 0 Å². The fourth-order valence-corrected chi connectivity index (χ4v) is 3.65. The number of urea groups is 1. The minimum absolute atomic E-state index is 0.0347. The highest BCUT2D eigenvalue weighted by Crippen LogP contribution is 2.17. The highest BCUT2D eigenvalue weighted by atomic mass is 16.2. The minimum Gasteiger partial charge on any atom is -0.351 e. The summed E-state index contributed by atoms with van der Waals surface area (Å²) in [5.41, 5.74) is 1.29. The average Bonchev–Trinajstić information content (AvgIpc) is 2.88. The van der Waals surface area contributed by atoms with E-state index in [-0.39, 0.29) is 30.9 Å². The molecule has 146 valence electrons. The molecule has 3 rings (SSSR count). The number of nitrogens with one attached hydrogen (secondary N) is 3. The molecule has 1 aliphatic carbocycles. The Morgan fingerprint density at radius 1 is 1.11 bits per heavy atom. The lowest BCUT2D eigenvalue weighted by Gasteiger charge is -2.16. The van der Waals surface area contributed by atoms with Crippen LogP contribution >= 0.6 is 0 Å². The molecule has 0 atom stereocenters. The summed E-state index contributed by atoms with van der Waals surface area (Å²) in [5.74, 6) is -0.392. The van der Waals surface area contributed by atoms with E-state index in [9.17, 15) is 14.4 Å². The standard InChI is InChI=1S/C20H28N4O3/c25-18-13-23-20(27)24(18)14-15-6-5-7-16(12-15)19(26)22-11-10-21-17-8-3-1-2-4-9-17/h5-7,12,17,21H,1-4,8-11,13-14H2,(H,22,26)(H,23,27). The number of rotatable bonds is 7. The lowest BCUT2D eigenvalue weighted by molar-refractivity contribution is -0.125. The van der Waals surface area contributed by atoms with Crippen LogP contribution in [0.25, 0.3) is 0 Å². The first kappa shape index (κ1) is 19.4. The molecule has 7 heteroatoms. The van der Waals surface area contributed by atoms with Gasteiger partial charge in [0.25, 0.3) is 5.91 Å². The molecule has 4 amide bonds. The number of carbonyl (C=O) groups is 3. The summed E-state index contributed by atoms with van der Waals surface area (Å²) in [5, 5.41) is 8.96. The van der Waals surface area contributed by atoms with Crippen molar-refractivity contribution in [3.63, 3.8) is 0 Å². The first-order valence-corrected chi connectivity index (χ1v) is 9.82. The number of nitrogens with zero attached hydrogens (tertiary/aromatic N) is 1. The Morgan fingerprint density at radius 3 is 2.59 bits per heavy atom. The van der Waals surface area contributed by atoms with Crippen molar-refractivity contribution in [1.82, 2.24) is 20.9 Å². The van der Waals surface area contributed by atoms with Gasteiger partial charge in [-0.15, -0.1) is 0 Å². The van der Waals surface area contributed by atoms with E-state index in [1.165, 1.54) is 38.5 Å². The van der Waals surface area contributed by atoms with E-state index in [0.29, 0.717) is 18.2 Å². The first-order chi connectivity index (χ1) is 13.1. The third-order valence-electron chi connectivity index (χ3n) is 5.17. The van der Waals surface area contributed by atoms with Crippen LogP contribution in [0.4, 0.5) is 4.79 Å². The van der Waals surface area contributed by atoms with Crippen molar-refractivity contribution >= 4 is 17.8 Å². The van der Waals surface area contributed by atoms with Crippen molar-refractivity contribution in [3.05, 3.63) is 35.4 Å². The number of carbonyl (C=O) groups excluding carboxylic acids is 3. The summed E-state index contributed by atoms with van der Waals surface area (Å²) in [7, 11) is 0. The van der Waals surface area contributed by atoms with Gasteiger partial charge in [0.05, 0.1) is 13.1 Å². The fraction of sp³-hybridized carbons (Fsp3) is 0.550. The van der Waals surface area contributed by atoms with Gasteiger partial charge in [-0.25, -0.2) is 4.79 Å². The van der Waals surface area contributed by atoms with Gasteiger partial charge >= 0.3 is 6.03 Å². The van der Waals surface area contributed by atoms with Crippen LogP contribution in [-0.4, -0.2) is 48.4 Å². The highest BCUT2D eigenvalue weighted by Gasteiger charge is 2.28. The number of benzene rings is 1. The van der Waals surface area contributed by atoms with E-state index < -0.39 is 0 Å². The molecule has 1 saturated heterocycles. The molecule has 0 unspecified atom stereocenters. The van der Waals surface area contributed by atoms with E-state index in [1.54, 1.807) is 18.2 Å². The second-order valence-electron chi connectivity index (χ2n) is 7.24. The molecule has 1 aliphatic heterocycles. The SMILES string of the molecule is O=C(NCCNC1CCCCCC1)c1cccc(CN2C(=O)CNC2=O)c1. The van der Waals surface area contributed by atoms with Crippen molar-refractivity contribution < 1.29 is 14.4 Å². The predicted molar refractivity (Wildman–Crippen MR) is 102 cm³/mol. The topological polar surface area (TPSA) is 90.5 Å². The van der Waals surface area contributed by atoms with Gasteiger partial charge in [-0.05, 0) is 30.5 Å². The molecule has 0 spiro atoms. The molecule has 27 heavy (non-hydrogen) atoms. The molecule has 0 aromatic heterocycles. The second kappa shape index (κ2) is 9.50. The summed E-state index contributed by atoms with van der Waals surface area (Å²) in [6.07, 6.45) is 7.67. The summed E-state index contributed by atoms with van der Waals surface area (Å²) in [6, 6.07) is 7.22. The maximum atomic E-state index is 12.4. The Balaban J connectivity index is 1.45. The summed E-state index contributed by atoms with van der Waals surface area (Å²) >= 11 is 0. The fourth-order valence-electron chi connectivity index (χ4n) is 3.65. The zero-order valence-electron chi connectivity index (χ0n) is 15.6. The number of amides is 4. The van der Waals surface area contributed by atoms with Gasteiger partial charge in [0, 0.05) is 24.7 Å². The Kier molecular flexibility index (Phi) is 6.81. The molecule has 0 bridgehead atoms. The van der Waals surface area contributed by atoms with Crippen molar-refractivity contribution in [1.29, 1.82) is 0 Å². The van der Waals surface area contributed by atoms with Crippen LogP contribution in [0.15, 0.2) is 24.3 Å². The second-order valence-corrected chi connectivity index (χ2v) is 7.24. The largest absolute Gasteiger partial charge is 0.351 e. The van der Waals surface area contributed by atoms with E-state index >= 15 is 0 Å². The molecule has 3 N–H and O–H groups in total. The Hall–Kier alpha value is -2.41. The van der Waals surface area contributed by atoms with Gasteiger partial charge in [0.1, 0.15) is 0 Å². The van der Waals surface area contributed by atoms with E-state index in [2.05, 4.69) is 16.0 Å². The normalized spacial score (nSPS) is 18.3. The Labute approximate surface area is 159 Å². The van der Waals surface area contributed by atoms with Crippen LogP contribution in [0.3, 0.4) is 0 Å². The lowest BCUT2D eigenvalue weighted by Crippen LogP contribution is -2.37. The van der Waals surface area contributed by atoms with Crippen LogP contribution in [0.1, 0.15) is 54.4 Å². The number of hydrogen-bond acceptors (Lipinski definition) is 4. The average molecular weight is 372 g/mol. The molecule has 2 aliphatic rings. The van der Waals surface area contributed by atoms with Gasteiger partial charge in [-0.2, -0.15) is 0 Å². The maximum absolute atomic E-state index is 12.4. The molecule has 1 saturated carbocycles. The van der Waals surface area contributed by atoms with Crippen molar-refractivity contribution in [2.75, 3.05) is 19.6 Å². The summed E-state index contributed by atoms with van der Waals surface area (Å²) in [4.78, 5) is 36.9. The zero-order valence-corrected chi connectivity index (χ0v) is 15.6. The van der Waals surface area contributed by atoms with E-state index in [4.69, 9.17) is 0 Å². The maximum Gasteiger partial charge on any atom is 0.324 e. The van der Waals surface area contributed by atoms with Crippen LogP contribution in [0.5, 0.6) is 0 Å². The molecule has 7 nitrogen and oxygen atoms in total. The third kappa shape index (κ3) is 5.53. The molecule has 1 heterocycles. The molecule has 1 aromatic carbocycles. The molecule has 1 aromatic rings. The lowest BCUT2D eigenvalue weighted by atomic mass is 10.1. The van der Waals surface area contributed by atoms with E-state index in [1.807, 2.05) is 6.07 Å². The predicted octanol–water partition coefficient (Wildman–Crippen LogP) is 1.78. The van der Waals surface area contributed by atoms with Crippen LogP contribution in [0, 0.1) is 0 Å². The van der Waals surface area contributed by atoms with Gasteiger partial charge in [0.2, 0.25) is 5.91 Å². The van der Waals surface area contributed by atoms with Crippen LogP contribution in [-0.2, 0) is 11.3 Å². The molecular weight excluding hydrogens is 344 g/mol. The smallest absolute Gasteiger partial charge is 0.324 e. The van der Waals surface area contributed by atoms with Gasteiger partial charge in [0.15, 0.2) is 0 Å². The van der Waals surface area contributed by atoms with Crippen molar-refractivity contribution in [2.45, 2.75) is 51.1 Å². The first-order valence-electron chi connectivity index (χ1n) is 9.82. The molecule has 0 radical (unpaired) electrons. The van der Waals surface area contributed by atoms with Gasteiger partial charge in [-0.3, -0.25) is 14.5 Å². The number of imide groups is 1. The molecular formula is C20H28N4O3. The summed E-state index contributed by atoms with van der Waals surface area (Å²) < 4.78 is 0. The van der Waals surface area contributed by atoms with Gasteiger partial charge in [-0.1, -0.05) is 37.8 Å². The van der Waals surface area contributed by atoms with Crippen molar-refractivity contribution in [3.8, 4) is 0 Å². The van der Waals surface area contributed by atoms with E-state index in [0.717, 1.165) is 17.0 Å². The summed E-state index contributed by atoms with van der Waals surface area (Å²) in [6.45, 7) is 1.55. The minimum atomic E-state index is -0.389. The Morgan fingerprint density at radius 2 is 1.89 bits per heavy atom. The van der Waals surface area contributed by atoms with Crippen LogP contribution < -0.4 is 16.0 Å². The zero-order chi connectivity index (χ0) is 19.1. The highest BCUT2D eigenvalue weighted by molar-refractivity contribution is 6.02. The number of hydrogen-bond donors (Lipinski definition) is 3. The monoisotopic (exact) mass is 372 g/mol. The quantitative estimate of drug-likeness (QED) is 0.387. The van der Waals surface area contributed by atoms with Crippen LogP contribution in [0.2, 0.25) is 0 Å². The Bertz CT molecular complexity index is 668. The molecule has 2 fully saturated rings.